The number of aliphatic hydroxyl groups excluding tert-OH is 1. The molecule has 3 aromatic carbocycles. The minimum Gasteiger partial charge on any atom is -0.493 e. The lowest BCUT2D eigenvalue weighted by molar-refractivity contribution is -0.142. The smallest absolute Gasteiger partial charge is 0.408 e. The van der Waals surface area contributed by atoms with Gasteiger partial charge < -0.3 is 29.9 Å². The lowest BCUT2D eigenvalue weighted by Gasteiger charge is -2.31. The molecule has 0 unspecified atom stereocenters. The molecule has 0 saturated heterocycles. The van der Waals surface area contributed by atoms with E-state index in [0.717, 1.165) is 52.1 Å². The van der Waals surface area contributed by atoms with Crippen LogP contribution in [0.1, 0.15) is 48.4 Å². The van der Waals surface area contributed by atoms with Crippen LogP contribution in [0.15, 0.2) is 60.7 Å². The summed E-state index contributed by atoms with van der Waals surface area (Å²) >= 11 is 0. The average Bonchev–Trinajstić information content (AvgIpc) is 2.98. The number of nitrogens with zero attached hydrogens (tertiary/aromatic N) is 1. The zero-order chi connectivity index (χ0) is 30.2. The van der Waals surface area contributed by atoms with E-state index in [1.807, 2.05) is 66.4 Å². The van der Waals surface area contributed by atoms with Crippen LogP contribution in [0.4, 0.5) is 10.5 Å². The number of anilines is 1. The summed E-state index contributed by atoms with van der Waals surface area (Å²) < 4.78 is 11.2. The number of carbonyl (C=O) groups is 3. The highest BCUT2D eigenvalue weighted by Gasteiger charge is 2.26. The number of benzene rings is 3. The van der Waals surface area contributed by atoms with Crippen LogP contribution in [0.5, 0.6) is 5.75 Å². The predicted molar refractivity (Wildman–Crippen MR) is 160 cm³/mol. The Morgan fingerprint density at radius 2 is 1.81 bits per heavy atom. The molecule has 9 nitrogen and oxygen atoms in total. The SMILES string of the molecule is Cc1cccc(OCCCC(=O)N2CCCc3c(-c4cccc(COC(=O)N[C@@H](C(=O)O)[C@@H](C)O)c4)cccc32)c1C. The third-order valence-electron chi connectivity index (χ3n) is 7.53. The molecule has 2 atom stereocenters. The molecule has 1 aliphatic heterocycles. The number of ether oxygens (including phenoxy) is 2. The topological polar surface area (TPSA) is 125 Å². The van der Waals surface area contributed by atoms with Crippen molar-refractivity contribution < 1.29 is 34.1 Å². The van der Waals surface area contributed by atoms with Gasteiger partial charge in [-0.2, -0.15) is 0 Å². The Labute approximate surface area is 246 Å². The van der Waals surface area contributed by atoms with E-state index in [2.05, 4.69) is 18.3 Å². The largest absolute Gasteiger partial charge is 0.493 e. The molecule has 0 aliphatic carbocycles. The Bertz CT molecular complexity index is 1440. The van der Waals surface area contributed by atoms with E-state index in [-0.39, 0.29) is 12.5 Å². The van der Waals surface area contributed by atoms with Crippen LogP contribution in [0.2, 0.25) is 0 Å². The van der Waals surface area contributed by atoms with Gasteiger partial charge in [0.05, 0.1) is 12.7 Å². The maximum Gasteiger partial charge on any atom is 0.408 e. The second-order valence-electron chi connectivity index (χ2n) is 10.6. The first-order valence-corrected chi connectivity index (χ1v) is 14.2. The maximum absolute atomic E-state index is 13.3. The van der Waals surface area contributed by atoms with E-state index in [1.165, 1.54) is 12.5 Å². The summed E-state index contributed by atoms with van der Waals surface area (Å²) in [5, 5.41) is 20.9. The first kappa shape index (κ1) is 30.6. The van der Waals surface area contributed by atoms with Gasteiger partial charge in [-0.3, -0.25) is 4.79 Å². The fourth-order valence-electron chi connectivity index (χ4n) is 5.11. The number of hydrogen-bond acceptors (Lipinski definition) is 6. The van der Waals surface area contributed by atoms with Crippen molar-refractivity contribution in [1.82, 2.24) is 5.32 Å². The molecule has 3 N–H and O–H groups in total. The standard InChI is InChI=1S/C33H38N2O7/c1-21-9-4-15-29(22(21)2)41-18-8-16-30(37)35-17-7-13-27-26(12-6-14-28(27)35)25-11-5-10-24(19-25)20-42-33(40)34-31(23(3)36)32(38)39/h4-6,9-12,14-15,19,23,31,36H,7-8,13,16-18,20H2,1-3H3,(H,34,40)(H,38,39)/t23-,31-/m1/s1. The van der Waals surface area contributed by atoms with Crippen LogP contribution < -0.4 is 15.0 Å². The van der Waals surface area contributed by atoms with Crippen LogP contribution >= 0.6 is 0 Å². The Balaban J connectivity index is 1.40. The maximum atomic E-state index is 13.3. The Morgan fingerprint density at radius 1 is 1.05 bits per heavy atom. The molecule has 0 bridgehead atoms. The highest BCUT2D eigenvalue weighted by molar-refractivity contribution is 5.96. The second kappa shape index (κ2) is 14.0. The van der Waals surface area contributed by atoms with Crippen LogP contribution in [0.3, 0.4) is 0 Å². The number of aliphatic hydroxyl groups is 1. The lowest BCUT2D eigenvalue weighted by atomic mass is 9.91. The normalized spacial score (nSPS) is 14.0. The predicted octanol–water partition coefficient (Wildman–Crippen LogP) is 5.17. The summed E-state index contributed by atoms with van der Waals surface area (Å²) in [6, 6.07) is 18.0. The van der Waals surface area contributed by atoms with E-state index in [0.29, 0.717) is 26.0 Å². The van der Waals surface area contributed by atoms with Gasteiger partial charge in [-0.25, -0.2) is 9.59 Å². The number of amides is 2. The minimum atomic E-state index is -1.46. The van der Waals surface area contributed by atoms with Gasteiger partial charge in [0, 0.05) is 18.7 Å². The number of fused-ring (bicyclic) bond motifs is 1. The molecule has 0 spiro atoms. The molecule has 0 saturated carbocycles. The van der Waals surface area contributed by atoms with Crippen LogP contribution in [0, 0.1) is 13.8 Å². The van der Waals surface area contributed by atoms with Crippen LogP contribution in [0.25, 0.3) is 11.1 Å². The van der Waals surface area contributed by atoms with Crippen molar-refractivity contribution >= 4 is 23.7 Å². The molecule has 1 heterocycles. The fraction of sp³-hybridized carbons (Fsp3) is 0.364. The number of carboxylic acid groups (broad SMARTS) is 1. The summed E-state index contributed by atoms with van der Waals surface area (Å²) in [6.07, 6.45) is 0.499. The molecule has 0 fully saturated rings. The van der Waals surface area contributed by atoms with E-state index >= 15 is 0 Å². The molecule has 9 heteroatoms. The van der Waals surface area contributed by atoms with Crippen molar-refractivity contribution in [2.75, 3.05) is 18.1 Å². The van der Waals surface area contributed by atoms with Crippen molar-refractivity contribution in [2.45, 2.75) is 65.2 Å². The van der Waals surface area contributed by atoms with E-state index < -0.39 is 24.2 Å². The second-order valence-corrected chi connectivity index (χ2v) is 10.6. The van der Waals surface area contributed by atoms with E-state index in [9.17, 15) is 19.5 Å². The van der Waals surface area contributed by atoms with E-state index in [1.54, 1.807) is 0 Å². The molecule has 0 aromatic heterocycles. The Kier molecular flexibility index (Phi) is 10.2. The highest BCUT2D eigenvalue weighted by atomic mass is 16.5. The molecule has 222 valence electrons. The van der Waals surface area contributed by atoms with Crippen molar-refractivity contribution in [1.29, 1.82) is 0 Å². The molecule has 2 amide bonds. The monoisotopic (exact) mass is 574 g/mol. The average molecular weight is 575 g/mol. The Morgan fingerprint density at radius 3 is 2.57 bits per heavy atom. The van der Waals surface area contributed by atoms with Crippen molar-refractivity contribution in [3.05, 3.63) is 82.9 Å². The molecule has 4 rings (SSSR count). The first-order chi connectivity index (χ1) is 20.2. The number of rotatable bonds is 11. The molecular formula is C33H38N2O7. The summed E-state index contributed by atoms with van der Waals surface area (Å²) in [4.78, 5) is 38.5. The minimum absolute atomic E-state index is 0.0719. The molecular weight excluding hydrogens is 536 g/mol. The summed E-state index contributed by atoms with van der Waals surface area (Å²) in [6.45, 7) is 6.43. The number of carbonyl (C=O) groups excluding carboxylic acids is 2. The number of nitrogens with one attached hydrogen (secondary N) is 1. The number of aryl methyl sites for hydroxylation is 1. The zero-order valence-corrected chi connectivity index (χ0v) is 24.3. The number of carboxylic acids is 1. The lowest BCUT2D eigenvalue weighted by Crippen LogP contribution is -2.47. The Hall–Kier alpha value is -4.37. The van der Waals surface area contributed by atoms with Crippen molar-refractivity contribution in [2.24, 2.45) is 0 Å². The van der Waals surface area contributed by atoms with Gasteiger partial charge >= 0.3 is 12.1 Å². The highest BCUT2D eigenvalue weighted by Crippen LogP contribution is 2.36. The summed E-state index contributed by atoms with van der Waals surface area (Å²) in [5.41, 5.74) is 6.96. The molecule has 0 radical (unpaired) electrons. The summed E-state index contributed by atoms with van der Waals surface area (Å²) in [7, 11) is 0. The fourth-order valence-corrected chi connectivity index (χ4v) is 5.11. The number of alkyl carbamates (subject to hydrolysis) is 1. The van der Waals surface area contributed by atoms with Gasteiger partial charge in [0.15, 0.2) is 6.04 Å². The molecule has 42 heavy (non-hydrogen) atoms. The zero-order valence-electron chi connectivity index (χ0n) is 24.3. The third kappa shape index (κ3) is 7.47. The first-order valence-electron chi connectivity index (χ1n) is 14.2. The van der Waals surface area contributed by atoms with Crippen molar-refractivity contribution in [3.8, 4) is 16.9 Å². The van der Waals surface area contributed by atoms with Crippen LogP contribution in [-0.4, -0.2) is 53.5 Å². The van der Waals surface area contributed by atoms with Gasteiger partial charge in [0.1, 0.15) is 12.4 Å². The van der Waals surface area contributed by atoms with E-state index in [4.69, 9.17) is 14.6 Å². The number of hydrogen-bond donors (Lipinski definition) is 3. The quantitative estimate of drug-likeness (QED) is 0.270. The van der Waals surface area contributed by atoms with Gasteiger partial charge in [0.2, 0.25) is 5.91 Å². The van der Waals surface area contributed by atoms with Crippen LogP contribution in [-0.2, 0) is 27.4 Å². The van der Waals surface area contributed by atoms with Gasteiger partial charge in [-0.1, -0.05) is 42.5 Å². The number of aliphatic carboxylic acids is 1. The van der Waals surface area contributed by atoms with Gasteiger partial charge in [0.25, 0.3) is 0 Å². The molecule has 3 aromatic rings. The third-order valence-corrected chi connectivity index (χ3v) is 7.53. The van der Waals surface area contributed by atoms with Crippen molar-refractivity contribution in [3.63, 3.8) is 0 Å². The molecule has 1 aliphatic rings. The van der Waals surface area contributed by atoms with Gasteiger partial charge in [-0.15, -0.1) is 0 Å². The van der Waals surface area contributed by atoms with Gasteiger partial charge in [-0.05, 0) is 91.6 Å². The summed E-state index contributed by atoms with van der Waals surface area (Å²) in [5.74, 6) is -0.424.